The molecule has 0 saturated carbocycles. The van der Waals surface area contributed by atoms with Crippen LogP contribution in [0.3, 0.4) is 0 Å². The van der Waals surface area contributed by atoms with Gasteiger partial charge in [0.15, 0.2) is 0 Å². The molecule has 0 aromatic rings. The molecule has 0 amide bonds. The zero-order valence-electron chi connectivity index (χ0n) is 6.62. The van der Waals surface area contributed by atoms with Crippen LogP contribution in [0.2, 0.25) is 6.32 Å². The van der Waals surface area contributed by atoms with Crippen LogP contribution >= 0.6 is 0 Å². The molecule has 11 heavy (non-hydrogen) atoms. The van der Waals surface area contributed by atoms with E-state index in [1.54, 1.807) is 0 Å². The van der Waals surface area contributed by atoms with Crippen molar-refractivity contribution >= 4 is 6.98 Å². The molecule has 0 atom stereocenters. The number of halogens is 4. The van der Waals surface area contributed by atoms with Crippen molar-refractivity contribution in [3.63, 3.8) is 0 Å². The molecule has 0 fully saturated rings. The summed E-state index contributed by atoms with van der Waals surface area (Å²) in [7, 11) is 0. The molecule has 0 aliphatic carbocycles. The van der Waals surface area contributed by atoms with Crippen LogP contribution in [-0.4, -0.2) is 13.7 Å². The van der Waals surface area contributed by atoms with Crippen LogP contribution in [0.25, 0.3) is 0 Å². The summed E-state index contributed by atoms with van der Waals surface area (Å²) in [6.45, 7) is -5.15. The van der Waals surface area contributed by atoms with Gasteiger partial charge >= 0.3 is 58.4 Å². The zero-order valence-corrected chi connectivity index (χ0v) is 9.75. The molecule has 0 spiro atoms. The third kappa shape index (κ3) is 14.3. The number of alkyl halides is 1. The maximum atomic E-state index is 11.5. The Morgan fingerprint density at radius 1 is 0.909 bits per heavy atom. The van der Waals surface area contributed by atoms with Crippen molar-refractivity contribution in [3.05, 3.63) is 0 Å². The van der Waals surface area contributed by atoms with Gasteiger partial charge in [-0.05, 0) is 6.42 Å². The molecule has 6 heteroatoms. The molecule has 0 aliphatic rings. The number of hydrogen-bond acceptors (Lipinski definition) is 0. The van der Waals surface area contributed by atoms with Gasteiger partial charge in [0.05, 0.1) is 6.67 Å². The van der Waals surface area contributed by atoms with E-state index in [9.17, 15) is 17.3 Å². The monoisotopic (exact) mass is 196 g/mol. The van der Waals surface area contributed by atoms with Gasteiger partial charge in [0.1, 0.15) is 0 Å². The second-order valence-electron chi connectivity index (χ2n) is 2.25. The average molecular weight is 196 g/mol. The Hall–Kier alpha value is 1.42. The van der Waals surface area contributed by atoms with E-state index in [2.05, 4.69) is 0 Å². The zero-order chi connectivity index (χ0) is 8.04. The Balaban J connectivity index is 0. The van der Waals surface area contributed by atoms with E-state index in [1.165, 1.54) is 0 Å². The number of hydrogen-bond donors (Lipinski definition) is 0. The molecule has 0 rings (SSSR count). The first-order valence-electron chi connectivity index (χ1n) is 3.33. The van der Waals surface area contributed by atoms with Crippen molar-refractivity contribution in [2.75, 3.05) is 6.67 Å². The van der Waals surface area contributed by atoms with Crippen molar-refractivity contribution in [2.45, 2.75) is 25.6 Å². The minimum Gasteiger partial charge on any atom is -0.449 e. The molecule has 0 bridgehead atoms. The summed E-state index contributed by atoms with van der Waals surface area (Å²) in [5.74, 6) is 0. The molecule has 0 aliphatic heterocycles. The van der Waals surface area contributed by atoms with E-state index in [1.807, 2.05) is 0 Å². The largest absolute Gasteiger partial charge is 1.00 e. The first-order valence-corrected chi connectivity index (χ1v) is 3.33. The maximum absolute atomic E-state index is 11.5. The predicted octanol–water partition coefficient (Wildman–Crippen LogP) is -0.0224. The Morgan fingerprint density at radius 2 is 1.45 bits per heavy atom. The minimum absolute atomic E-state index is 0. The van der Waals surface area contributed by atoms with Crippen LogP contribution in [0.5, 0.6) is 0 Å². The van der Waals surface area contributed by atoms with Crippen LogP contribution < -0.4 is 51.4 Å². The Bertz CT molecular complexity index is 85.0. The van der Waals surface area contributed by atoms with E-state index in [4.69, 9.17) is 0 Å². The van der Waals surface area contributed by atoms with Crippen molar-refractivity contribution < 1.29 is 68.7 Å². The molecule has 62 valence electrons. The average Bonchev–Trinajstić information content (AvgIpc) is 1.78. The van der Waals surface area contributed by atoms with Gasteiger partial charge in [0.2, 0.25) is 0 Å². The van der Waals surface area contributed by atoms with Crippen molar-refractivity contribution in [2.24, 2.45) is 0 Å². The van der Waals surface area contributed by atoms with Gasteiger partial charge < -0.3 is 12.9 Å². The normalized spacial score (nSPS) is 10.9. The molecular weight excluding hydrogens is 186 g/mol. The summed E-state index contributed by atoms with van der Waals surface area (Å²) in [6, 6.07) is 0. The smallest absolute Gasteiger partial charge is 0.449 e. The molecule has 0 heterocycles. The van der Waals surface area contributed by atoms with Crippen molar-refractivity contribution in [1.82, 2.24) is 0 Å². The van der Waals surface area contributed by atoms with Gasteiger partial charge in [-0.2, -0.15) is 0 Å². The van der Waals surface area contributed by atoms with Gasteiger partial charge in [-0.3, -0.25) is 4.39 Å². The predicted molar refractivity (Wildman–Crippen MR) is 33.7 cm³/mol. The SMILES string of the molecule is FCCCCC[B-](F)(F)F.[K+]. The van der Waals surface area contributed by atoms with Gasteiger partial charge in [0.25, 0.3) is 0 Å². The van der Waals surface area contributed by atoms with Crippen LogP contribution in [0.15, 0.2) is 0 Å². The maximum Gasteiger partial charge on any atom is 1.00 e. The van der Waals surface area contributed by atoms with Crippen LogP contribution in [0.4, 0.5) is 17.3 Å². The van der Waals surface area contributed by atoms with Gasteiger partial charge in [-0.15, -0.1) is 0 Å². The standard InChI is InChI=1S/C5H10BF4.K/c7-5-3-1-2-4-6(8,9)10;/h1-5H2;/q-1;+1. The first-order chi connectivity index (χ1) is 4.56. The Labute approximate surface area is 107 Å². The molecule has 0 radical (unpaired) electrons. The Kier molecular flexibility index (Phi) is 10.9. The molecule has 0 nitrogen and oxygen atoms in total. The van der Waals surface area contributed by atoms with E-state index in [0.717, 1.165) is 0 Å². The van der Waals surface area contributed by atoms with Gasteiger partial charge in [-0.1, -0.05) is 19.2 Å². The second kappa shape index (κ2) is 8.04. The summed E-state index contributed by atoms with van der Waals surface area (Å²) >= 11 is 0. The summed E-state index contributed by atoms with van der Waals surface area (Å²) in [5.41, 5.74) is 0. The molecule has 0 aromatic heterocycles. The van der Waals surface area contributed by atoms with Gasteiger partial charge in [-0.25, -0.2) is 0 Å². The van der Waals surface area contributed by atoms with E-state index in [0.29, 0.717) is 6.42 Å². The third-order valence-corrected chi connectivity index (χ3v) is 1.17. The number of rotatable bonds is 5. The second-order valence-corrected chi connectivity index (χ2v) is 2.25. The summed E-state index contributed by atoms with van der Waals surface area (Å²) in [4.78, 5) is 0. The molecular formula is C5H10BF4K. The molecule has 0 unspecified atom stereocenters. The summed E-state index contributed by atoms with van der Waals surface area (Å²) in [5, 5.41) is 0. The van der Waals surface area contributed by atoms with Crippen LogP contribution in [0.1, 0.15) is 19.3 Å². The molecule has 0 saturated heterocycles. The molecule has 0 N–H and O–H groups in total. The van der Waals surface area contributed by atoms with Crippen LogP contribution in [0, 0.1) is 0 Å². The van der Waals surface area contributed by atoms with E-state index < -0.39 is 20.0 Å². The summed E-state index contributed by atoms with van der Waals surface area (Å²) in [6.07, 6.45) is -0.0443. The Morgan fingerprint density at radius 3 is 1.82 bits per heavy atom. The van der Waals surface area contributed by atoms with Crippen LogP contribution in [-0.2, 0) is 0 Å². The number of unbranched alkanes of at least 4 members (excludes halogenated alkanes) is 2. The minimum atomic E-state index is -4.64. The summed E-state index contributed by atoms with van der Waals surface area (Å²) < 4.78 is 45.7. The fraction of sp³-hybridized carbons (Fsp3) is 1.00. The van der Waals surface area contributed by atoms with Crippen molar-refractivity contribution in [1.29, 1.82) is 0 Å². The van der Waals surface area contributed by atoms with Crippen molar-refractivity contribution in [3.8, 4) is 0 Å². The van der Waals surface area contributed by atoms with Gasteiger partial charge in [0, 0.05) is 0 Å². The fourth-order valence-electron chi connectivity index (χ4n) is 0.647. The third-order valence-electron chi connectivity index (χ3n) is 1.17. The topological polar surface area (TPSA) is 0 Å². The molecule has 0 aromatic carbocycles. The first kappa shape index (κ1) is 14.9. The van der Waals surface area contributed by atoms with E-state index in [-0.39, 0.29) is 64.2 Å². The fourth-order valence-corrected chi connectivity index (χ4v) is 0.647. The quantitative estimate of drug-likeness (QED) is 0.329. The van der Waals surface area contributed by atoms with E-state index >= 15 is 0 Å².